The molecule has 0 aliphatic heterocycles. The Bertz CT molecular complexity index is 270. The van der Waals surface area contributed by atoms with Gasteiger partial charge in [0.2, 0.25) is 0 Å². The van der Waals surface area contributed by atoms with Crippen molar-refractivity contribution in [2.75, 3.05) is 26.8 Å². The van der Waals surface area contributed by atoms with Crippen LogP contribution in [0, 0.1) is 0 Å². The summed E-state index contributed by atoms with van der Waals surface area (Å²) in [5.41, 5.74) is 0. The van der Waals surface area contributed by atoms with Crippen molar-refractivity contribution in [1.29, 1.82) is 0 Å². The van der Waals surface area contributed by atoms with E-state index in [2.05, 4.69) is 17.6 Å². The molecule has 0 saturated carbocycles. The fourth-order valence-corrected chi connectivity index (χ4v) is 2.04. The topological polar surface area (TPSA) is 67.4 Å². The first-order valence-corrected chi connectivity index (χ1v) is 8.27. The first-order chi connectivity index (χ1) is 10.2. The second-order valence-corrected chi connectivity index (χ2v) is 5.33. The maximum atomic E-state index is 11.5. The third-order valence-corrected chi connectivity index (χ3v) is 3.33. The highest BCUT2D eigenvalue weighted by molar-refractivity contribution is 6.35. The van der Waals surface area contributed by atoms with Crippen molar-refractivity contribution >= 4 is 11.8 Å². The van der Waals surface area contributed by atoms with Gasteiger partial charge in [-0.05, 0) is 12.8 Å². The van der Waals surface area contributed by atoms with Gasteiger partial charge >= 0.3 is 11.8 Å². The van der Waals surface area contributed by atoms with Crippen LogP contribution in [0.1, 0.15) is 64.7 Å². The van der Waals surface area contributed by atoms with E-state index in [1.807, 2.05) is 0 Å². The molecule has 0 heterocycles. The summed E-state index contributed by atoms with van der Waals surface area (Å²) < 4.78 is 4.87. The third kappa shape index (κ3) is 13.6. The Morgan fingerprint density at radius 3 is 1.76 bits per heavy atom. The van der Waals surface area contributed by atoms with Crippen LogP contribution in [0.4, 0.5) is 0 Å². The fourth-order valence-electron chi connectivity index (χ4n) is 2.04. The molecule has 0 unspecified atom stereocenters. The Morgan fingerprint density at radius 1 is 0.762 bits per heavy atom. The average Bonchev–Trinajstić information content (AvgIpc) is 2.49. The molecule has 5 heteroatoms. The first-order valence-electron chi connectivity index (χ1n) is 8.27. The normalized spacial score (nSPS) is 10.4. The van der Waals surface area contributed by atoms with Gasteiger partial charge in [0, 0.05) is 26.8 Å². The van der Waals surface area contributed by atoms with E-state index in [4.69, 9.17) is 4.74 Å². The fraction of sp³-hybridized carbons (Fsp3) is 0.875. The van der Waals surface area contributed by atoms with Crippen LogP contribution in [0.15, 0.2) is 0 Å². The zero-order valence-electron chi connectivity index (χ0n) is 13.7. The number of unbranched alkanes of at least 4 members (excludes halogenated alkanes) is 7. The smallest absolute Gasteiger partial charge is 0.309 e. The van der Waals surface area contributed by atoms with Crippen molar-refractivity contribution < 1.29 is 14.3 Å². The summed E-state index contributed by atoms with van der Waals surface area (Å²) in [5, 5.41) is 5.22. The zero-order chi connectivity index (χ0) is 15.8. The molecule has 0 fully saturated rings. The molecule has 0 spiro atoms. The van der Waals surface area contributed by atoms with E-state index in [0.717, 1.165) is 12.8 Å². The molecular weight excluding hydrogens is 268 g/mol. The minimum absolute atomic E-state index is 0.470. The number of hydrogen-bond donors (Lipinski definition) is 2. The van der Waals surface area contributed by atoms with Gasteiger partial charge < -0.3 is 15.4 Å². The molecule has 21 heavy (non-hydrogen) atoms. The van der Waals surface area contributed by atoms with E-state index >= 15 is 0 Å². The van der Waals surface area contributed by atoms with Crippen molar-refractivity contribution in [2.24, 2.45) is 0 Å². The summed E-state index contributed by atoms with van der Waals surface area (Å²) in [5.74, 6) is -1.08. The van der Waals surface area contributed by atoms with Crippen LogP contribution in [0.25, 0.3) is 0 Å². The first kappa shape index (κ1) is 19.9. The van der Waals surface area contributed by atoms with Crippen molar-refractivity contribution in [3.05, 3.63) is 0 Å². The Kier molecular flexibility index (Phi) is 14.5. The number of ether oxygens (including phenoxy) is 1. The highest BCUT2D eigenvalue weighted by atomic mass is 16.5. The number of rotatable bonds is 13. The lowest BCUT2D eigenvalue weighted by molar-refractivity contribution is -0.139. The summed E-state index contributed by atoms with van der Waals surface area (Å²) in [6.07, 6.45) is 10.5. The lowest BCUT2D eigenvalue weighted by Crippen LogP contribution is -2.40. The standard InChI is InChI=1S/C16H32N2O3/c1-3-4-5-6-7-8-9-10-12-17-15(19)16(20)18-13-11-14-21-2/h3-14H2,1-2H3,(H,17,19)(H,18,20). The highest BCUT2D eigenvalue weighted by Crippen LogP contribution is 2.07. The van der Waals surface area contributed by atoms with Crippen molar-refractivity contribution in [1.82, 2.24) is 10.6 Å². The zero-order valence-corrected chi connectivity index (χ0v) is 13.7. The molecule has 0 atom stereocenters. The van der Waals surface area contributed by atoms with Gasteiger partial charge in [0.15, 0.2) is 0 Å². The Balaban J connectivity index is 3.34. The molecule has 0 aromatic carbocycles. The van der Waals surface area contributed by atoms with Gasteiger partial charge in [-0.25, -0.2) is 0 Å². The monoisotopic (exact) mass is 300 g/mol. The van der Waals surface area contributed by atoms with Crippen molar-refractivity contribution in [3.8, 4) is 0 Å². The Hall–Kier alpha value is -1.10. The minimum Gasteiger partial charge on any atom is -0.385 e. The number of carbonyl (C=O) groups excluding carboxylic acids is 2. The summed E-state index contributed by atoms with van der Waals surface area (Å²) >= 11 is 0. The van der Waals surface area contributed by atoms with E-state index in [-0.39, 0.29) is 0 Å². The summed E-state index contributed by atoms with van der Waals surface area (Å²) in [6, 6.07) is 0. The summed E-state index contributed by atoms with van der Waals surface area (Å²) in [7, 11) is 1.61. The van der Waals surface area contributed by atoms with Gasteiger partial charge in [0.1, 0.15) is 0 Å². The van der Waals surface area contributed by atoms with Gasteiger partial charge in [-0.3, -0.25) is 9.59 Å². The molecule has 0 aliphatic rings. The second kappa shape index (κ2) is 15.3. The molecule has 0 aromatic rings. The molecule has 0 saturated heterocycles. The number of carbonyl (C=O) groups is 2. The maximum Gasteiger partial charge on any atom is 0.309 e. The molecule has 0 rings (SSSR count). The molecule has 5 nitrogen and oxygen atoms in total. The van der Waals surface area contributed by atoms with Crippen LogP contribution in [0.5, 0.6) is 0 Å². The van der Waals surface area contributed by atoms with E-state index in [0.29, 0.717) is 26.1 Å². The Labute approximate surface area is 129 Å². The second-order valence-electron chi connectivity index (χ2n) is 5.33. The number of hydrogen-bond acceptors (Lipinski definition) is 3. The lowest BCUT2D eigenvalue weighted by Gasteiger charge is -2.06. The SMILES string of the molecule is CCCCCCCCCCNC(=O)C(=O)NCCCOC. The van der Waals surface area contributed by atoms with Crippen molar-refractivity contribution in [3.63, 3.8) is 0 Å². The van der Waals surface area contributed by atoms with E-state index < -0.39 is 11.8 Å². The number of methoxy groups -OCH3 is 1. The average molecular weight is 300 g/mol. The summed E-state index contributed by atoms with van der Waals surface area (Å²) in [6.45, 7) is 3.85. The van der Waals surface area contributed by atoms with Crippen molar-refractivity contribution in [2.45, 2.75) is 64.7 Å². The highest BCUT2D eigenvalue weighted by Gasteiger charge is 2.11. The number of amides is 2. The predicted octanol–water partition coefficient (Wildman–Crippen LogP) is 2.40. The molecule has 2 N–H and O–H groups in total. The Morgan fingerprint density at radius 2 is 1.24 bits per heavy atom. The molecule has 0 aromatic heterocycles. The van der Waals surface area contributed by atoms with Crippen LogP contribution in [-0.2, 0) is 14.3 Å². The molecule has 2 amide bonds. The molecule has 124 valence electrons. The largest absolute Gasteiger partial charge is 0.385 e. The molecular formula is C16H32N2O3. The van der Waals surface area contributed by atoms with Crippen LogP contribution < -0.4 is 10.6 Å². The van der Waals surface area contributed by atoms with Gasteiger partial charge in [-0.1, -0.05) is 51.9 Å². The van der Waals surface area contributed by atoms with E-state index in [1.54, 1.807) is 7.11 Å². The van der Waals surface area contributed by atoms with Crippen LogP contribution in [-0.4, -0.2) is 38.6 Å². The van der Waals surface area contributed by atoms with Crippen LogP contribution in [0.2, 0.25) is 0 Å². The van der Waals surface area contributed by atoms with Crippen LogP contribution in [0.3, 0.4) is 0 Å². The van der Waals surface area contributed by atoms with E-state index in [9.17, 15) is 9.59 Å². The van der Waals surface area contributed by atoms with E-state index in [1.165, 1.54) is 38.5 Å². The lowest BCUT2D eigenvalue weighted by atomic mass is 10.1. The summed E-state index contributed by atoms with van der Waals surface area (Å²) in [4.78, 5) is 22.9. The van der Waals surface area contributed by atoms with Crippen LogP contribution >= 0.6 is 0 Å². The maximum absolute atomic E-state index is 11.5. The van der Waals surface area contributed by atoms with Gasteiger partial charge in [-0.15, -0.1) is 0 Å². The van der Waals surface area contributed by atoms with Gasteiger partial charge in [-0.2, -0.15) is 0 Å². The molecule has 0 aliphatic carbocycles. The molecule has 0 radical (unpaired) electrons. The quantitative estimate of drug-likeness (QED) is 0.405. The third-order valence-electron chi connectivity index (χ3n) is 3.33. The molecule has 0 bridgehead atoms. The van der Waals surface area contributed by atoms with Gasteiger partial charge in [0.25, 0.3) is 0 Å². The number of nitrogens with one attached hydrogen (secondary N) is 2. The minimum atomic E-state index is -0.550. The predicted molar refractivity (Wildman–Crippen MR) is 85.1 cm³/mol. The van der Waals surface area contributed by atoms with Gasteiger partial charge in [0.05, 0.1) is 0 Å².